The van der Waals surface area contributed by atoms with Crippen molar-refractivity contribution in [2.24, 2.45) is 0 Å². The summed E-state index contributed by atoms with van der Waals surface area (Å²) in [6, 6.07) is 7.67. The highest BCUT2D eigenvalue weighted by molar-refractivity contribution is 7.90. The molecule has 1 heterocycles. The fraction of sp³-hybridized carbons (Fsp3) is 0.526. The average Bonchev–Trinajstić information content (AvgIpc) is 3.04. The molecular formula is C19H26ClN3O2S. The van der Waals surface area contributed by atoms with Gasteiger partial charge in [0.25, 0.3) is 0 Å². The van der Waals surface area contributed by atoms with Gasteiger partial charge in [-0.15, -0.1) is 0 Å². The molecule has 26 heavy (non-hydrogen) atoms. The van der Waals surface area contributed by atoms with Gasteiger partial charge in [-0.1, -0.05) is 23.7 Å². The summed E-state index contributed by atoms with van der Waals surface area (Å²) in [5.74, 6) is 1.30. The Morgan fingerprint density at radius 1 is 1.19 bits per heavy atom. The molecule has 1 aromatic heterocycles. The van der Waals surface area contributed by atoms with Gasteiger partial charge in [-0.05, 0) is 58.6 Å². The standard InChI is InChI=1S/C19H26ClN3O2S/c1-19(2,3)26(24,25)23-16-9-7-13(8-10-16)18-21-12-17(22-18)14-5-4-6-15(20)11-14/h4-6,11-13,16,23H,7-10H2,1-3H3,(H,21,22)/t13-,16-. The molecule has 1 aliphatic rings. The zero-order valence-electron chi connectivity index (χ0n) is 15.4. The molecule has 2 aromatic rings. The van der Waals surface area contributed by atoms with Crippen molar-refractivity contribution in [2.45, 2.75) is 63.2 Å². The first-order valence-electron chi connectivity index (χ1n) is 8.99. The van der Waals surface area contributed by atoms with Gasteiger partial charge in [0, 0.05) is 28.7 Å². The predicted molar refractivity (Wildman–Crippen MR) is 106 cm³/mol. The molecule has 1 aromatic carbocycles. The van der Waals surface area contributed by atoms with Crippen molar-refractivity contribution in [3.63, 3.8) is 0 Å². The number of nitrogens with zero attached hydrogens (tertiary/aromatic N) is 1. The summed E-state index contributed by atoms with van der Waals surface area (Å²) in [7, 11) is -3.30. The summed E-state index contributed by atoms with van der Waals surface area (Å²) in [4.78, 5) is 8.02. The van der Waals surface area contributed by atoms with Crippen LogP contribution in [0.15, 0.2) is 30.5 Å². The minimum Gasteiger partial charge on any atom is -0.348 e. The number of benzene rings is 1. The number of hydrogen-bond acceptors (Lipinski definition) is 3. The molecule has 2 N–H and O–H groups in total. The molecular weight excluding hydrogens is 370 g/mol. The first kappa shape index (κ1) is 19.4. The maximum atomic E-state index is 12.3. The van der Waals surface area contributed by atoms with E-state index in [4.69, 9.17) is 16.6 Å². The molecule has 0 aliphatic heterocycles. The van der Waals surface area contributed by atoms with E-state index in [0.29, 0.717) is 10.9 Å². The molecule has 3 rings (SSSR count). The molecule has 5 nitrogen and oxygen atoms in total. The highest BCUT2D eigenvalue weighted by Gasteiger charge is 2.33. The van der Waals surface area contributed by atoms with Crippen LogP contribution < -0.4 is 4.72 Å². The lowest BCUT2D eigenvalue weighted by Crippen LogP contribution is -2.45. The summed E-state index contributed by atoms with van der Waals surface area (Å²) in [5.41, 5.74) is 1.88. The Morgan fingerprint density at radius 2 is 1.88 bits per heavy atom. The summed E-state index contributed by atoms with van der Waals surface area (Å²) in [6.07, 6.45) is 5.40. The molecule has 0 saturated heterocycles. The summed E-state index contributed by atoms with van der Waals surface area (Å²) < 4.78 is 26.7. The summed E-state index contributed by atoms with van der Waals surface area (Å²) in [6.45, 7) is 5.17. The third-order valence-electron chi connectivity index (χ3n) is 4.96. The van der Waals surface area contributed by atoms with Crippen molar-refractivity contribution < 1.29 is 8.42 Å². The highest BCUT2D eigenvalue weighted by atomic mass is 35.5. The van der Waals surface area contributed by atoms with Gasteiger partial charge < -0.3 is 4.98 Å². The second-order valence-electron chi connectivity index (χ2n) is 7.96. The molecule has 0 unspecified atom stereocenters. The van der Waals surface area contributed by atoms with E-state index in [9.17, 15) is 8.42 Å². The minimum atomic E-state index is -3.30. The molecule has 0 spiro atoms. The van der Waals surface area contributed by atoms with Crippen molar-refractivity contribution in [3.05, 3.63) is 41.3 Å². The van der Waals surface area contributed by atoms with E-state index < -0.39 is 14.8 Å². The van der Waals surface area contributed by atoms with Crippen molar-refractivity contribution in [3.8, 4) is 11.3 Å². The largest absolute Gasteiger partial charge is 0.348 e. The second kappa shape index (κ2) is 7.33. The average molecular weight is 396 g/mol. The molecule has 7 heteroatoms. The first-order valence-corrected chi connectivity index (χ1v) is 10.8. The molecule has 0 bridgehead atoms. The predicted octanol–water partition coefficient (Wildman–Crippen LogP) is 4.47. The molecule has 0 amide bonds. The number of aromatic nitrogens is 2. The SMILES string of the molecule is CC(C)(C)S(=O)(=O)N[C@H]1CC[C@H](c2nc(-c3cccc(Cl)c3)c[nH]2)CC1. The molecule has 1 saturated carbocycles. The second-order valence-corrected chi connectivity index (χ2v) is 10.9. The van der Waals surface area contributed by atoms with Crippen molar-refractivity contribution in [2.75, 3.05) is 0 Å². The molecule has 0 radical (unpaired) electrons. The fourth-order valence-electron chi connectivity index (χ4n) is 3.22. The zero-order valence-corrected chi connectivity index (χ0v) is 17.0. The van der Waals surface area contributed by atoms with Gasteiger partial charge in [-0.25, -0.2) is 18.1 Å². The van der Waals surface area contributed by atoms with Crippen LogP contribution in [0, 0.1) is 0 Å². The number of imidazole rings is 1. The van der Waals surface area contributed by atoms with Gasteiger partial charge in [0.05, 0.1) is 10.4 Å². The Morgan fingerprint density at radius 3 is 2.50 bits per heavy atom. The van der Waals surface area contributed by atoms with Crippen LogP contribution in [0.3, 0.4) is 0 Å². The van der Waals surface area contributed by atoms with Gasteiger partial charge in [0.15, 0.2) is 0 Å². The van der Waals surface area contributed by atoms with Crippen molar-refractivity contribution in [1.82, 2.24) is 14.7 Å². The van der Waals surface area contributed by atoms with E-state index in [-0.39, 0.29) is 6.04 Å². The number of rotatable bonds is 4. The van der Waals surface area contributed by atoms with Crippen LogP contribution in [0.5, 0.6) is 0 Å². The quantitative estimate of drug-likeness (QED) is 0.801. The Bertz CT molecular complexity index is 863. The summed E-state index contributed by atoms with van der Waals surface area (Å²) in [5, 5.41) is 0.693. The first-order chi connectivity index (χ1) is 12.2. The Hall–Kier alpha value is -1.37. The lowest BCUT2D eigenvalue weighted by atomic mass is 9.86. The van der Waals surface area contributed by atoms with E-state index in [1.54, 1.807) is 20.8 Å². The monoisotopic (exact) mass is 395 g/mol. The van der Waals surface area contributed by atoms with E-state index in [1.165, 1.54) is 0 Å². The van der Waals surface area contributed by atoms with Crippen LogP contribution in [-0.4, -0.2) is 29.2 Å². The van der Waals surface area contributed by atoms with Crippen LogP contribution in [0.1, 0.15) is 58.2 Å². The van der Waals surface area contributed by atoms with Gasteiger partial charge in [0.2, 0.25) is 10.0 Å². The zero-order chi connectivity index (χ0) is 18.9. The Kier molecular flexibility index (Phi) is 5.47. The lowest BCUT2D eigenvalue weighted by molar-refractivity contribution is 0.364. The molecule has 142 valence electrons. The van der Waals surface area contributed by atoms with Crippen LogP contribution in [0.4, 0.5) is 0 Å². The van der Waals surface area contributed by atoms with E-state index in [0.717, 1.165) is 42.8 Å². The summed E-state index contributed by atoms with van der Waals surface area (Å²) >= 11 is 6.06. The Balaban J connectivity index is 1.62. The van der Waals surface area contributed by atoms with Crippen molar-refractivity contribution >= 4 is 21.6 Å². The van der Waals surface area contributed by atoms with Crippen LogP contribution >= 0.6 is 11.6 Å². The van der Waals surface area contributed by atoms with Crippen LogP contribution in [0.2, 0.25) is 5.02 Å². The Labute approximate surface area is 160 Å². The van der Waals surface area contributed by atoms with Gasteiger partial charge in [-0.3, -0.25) is 0 Å². The molecule has 0 atom stereocenters. The van der Waals surface area contributed by atoms with Crippen LogP contribution in [-0.2, 0) is 10.0 Å². The van der Waals surface area contributed by atoms with Gasteiger partial charge >= 0.3 is 0 Å². The van der Waals surface area contributed by atoms with Crippen LogP contribution in [0.25, 0.3) is 11.3 Å². The topological polar surface area (TPSA) is 74.8 Å². The number of aromatic amines is 1. The highest BCUT2D eigenvalue weighted by Crippen LogP contribution is 2.33. The smallest absolute Gasteiger partial charge is 0.216 e. The number of H-pyrrole nitrogens is 1. The molecule has 1 aliphatic carbocycles. The normalized spacial score (nSPS) is 21.7. The van der Waals surface area contributed by atoms with E-state index >= 15 is 0 Å². The maximum absolute atomic E-state index is 12.3. The third kappa shape index (κ3) is 4.30. The lowest BCUT2D eigenvalue weighted by Gasteiger charge is -2.30. The third-order valence-corrected chi connectivity index (χ3v) is 7.45. The van der Waals surface area contributed by atoms with Gasteiger partial charge in [-0.2, -0.15) is 0 Å². The fourth-order valence-corrected chi connectivity index (χ4v) is 4.44. The number of sulfonamides is 1. The molecule has 1 fully saturated rings. The minimum absolute atomic E-state index is 0.0119. The van der Waals surface area contributed by atoms with Crippen molar-refractivity contribution in [1.29, 1.82) is 0 Å². The number of hydrogen-bond donors (Lipinski definition) is 2. The van der Waals surface area contributed by atoms with E-state index in [2.05, 4.69) is 9.71 Å². The maximum Gasteiger partial charge on any atom is 0.216 e. The van der Waals surface area contributed by atoms with Gasteiger partial charge in [0.1, 0.15) is 5.82 Å². The van der Waals surface area contributed by atoms with E-state index in [1.807, 2.05) is 30.5 Å². The number of nitrogens with one attached hydrogen (secondary N) is 2. The number of halogens is 1.